The van der Waals surface area contributed by atoms with Crippen LogP contribution in [0.1, 0.15) is 27.2 Å². The molecule has 0 bridgehead atoms. The zero-order chi connectivity index (χ0) is 15.7. The van der Waals surface area contributed by atoms with Crippen molar-refractivity contribution in [2.45, 2.75) is 39.3 Å². The van der Waals surface area contributed by atoms with Crippen molar-refractivity contribution < 1.29 is 14.0 Å². The molecule has 1 fully saturated rings. The lowest BCUT2D eigenvalue weighted by Gasteiger charge is -2.38. The monoisotopic (exact) mass is 312 g/mol. The summed E-state index contributed by atoms with van der Waals surface area (Å²) >= 11 is 5.66. The molecule has 21 heavy (non-hydrogen) atoms. The van der Waals surface area contributed by atoms with E-state index in [1.807, 2.05) is 13.8 Å². The van der Waals surface area contributed by atoms with Gasteiger partial charge in [-0.2, -0.15) is 0 Å². The highest BCUT2D eigenvalue weighted by Gasteiger charge is 2.39. The number of piperazine rings is 1. The first-order chi connectivity index (χ1) is 9.81. The maximum atomic E-state index is 13.6. The van der Waals surface area contributed by atoms with Crippen LogP contribution in [0.15, 0.2) is 18.2 Å². The van der Waals surface area contributed by atoms with Gasteiger partial charge in [0.25, 0.3) is 0 Å². The van der Waals surface area contributed by atoms with Gasteiger partial charge in [-0.3, -0.25) is 14.5 Å². The van der Waals surface area contributed by atoms with E-state index >= 15 is 0 Å². The molecule has 1 aromatic rings. The first kappa shape index (κ1) is 15.8. The first-order valence-corrected chi connectivity index (χ1v) is 7.27. The lowest BCUT2D eigenvalue weighted by molar-refractivity contribution is -0.133. The van der Waals surface area contributed by atoms with E-state index in [4.69, 9.17) is 11.6 Å². The van der Waals surface area contributed by atoms with Gasteiger partial charge < -0.3 is 5.32 Å². The summed E-state index contributed by atoms with van der Waals surface area (Å²) in [6.45, 7) is 5.57. The Kier molecular flexibility index (Phi) is 4.52. The SMILES string of the molecule is CC(C)CC1NC(=O)C(C)N(c2ccc(Cl)c(F)c2)C1=O. The molecule has 0 aromatic heterocycles. The highest BCUT2D eigenvalue weighted by molar-refractivity contribution is 6.30. The van der Waals surface area contributed by atoms with Crippen LogP contribution in [-0.2, 0) is 9.59 Å². The Morgan fingerprint density at radius 2 is 2.05 bits per heavy atom. The number of anilines is 1. The summed E-state index contributed by atoms with van der Waals surface area (Å²) in [5.74, 6) is -0.815. The molecule has 1 aliphatic heterocycles. The van der Waals surface area contributed by atoms with Crippen molar-refractivity contribution in [1.82, 2.24) is 5.32 Å². The van der Waals surface area contributed by atoms with Crippen LogP contribution >= 0.6 is 11.6 Å². The van der Waals surface area contributed by atoms with Gasteiger partial charge in [0.15, 0.2) is 0 Å². The van der Waals surface area contributed by atoms with Crippen molar-refractivity contribution >= 4 is 29.1 Å². The minimum absolute atomic E-state index is 0.0148. The van der Waals surface area contributed by atoms with E-state index in [1.165, 1.54) is 17.0 Å². The average Bonchev–Trinajstić information content (AvgIpc) is 2.40. The standard InChI is InChI=1S/C15H18ClFN2O2/c1-8(2)6-13-15(21)19(9(3)14(20)18-13)10-4-5-11(16)12(17)7-10/h4-5,7-9,13H,6H2,1-3H3,(H,18,20). The number of benzene rings is 1. The van der Waals surface area contributed by atoms with E-state index in [9.17, 15) is 14.0 Å². The highest BCUT2D eigenvalue weighted by Crippen LogP contribution is 2.26. The highest BCUT2D eigenvalue weighted by atomic mass is 35.5. The summed E-state index contributed by atoms with van der Waals surface area (Å²) in [5.41, 5.74) is 0.345. The molecule has 114 valence electrons. The number of hydrogen-bond donors (Lipinski definition) is 1. The molecule has 4 nitrogen and oxygen atoms in total. The van der Waals surface area contributed by atoms with Crippen molar-refractivity contribution in [3.8, 4) is 0 Å². The fourth-order valence-electron chi connectivity index (χ4n) is 2.45. The second-order valence-electron chi connectivity index (χ2n) is 5.67. The number of carbonyl (C=O) groups excluding carboxylic acids is 2. The van der Waals surface area contributed by atoms with Gasteiger partial charge in [-0.15, -0.1) is 0 Å². The van der Waals surface area contributed by atoms with Crippen molar-refractivity contribution in [3.05, 3.63) is 29.0 Å². The number of rotatable bonds is 3. The molecule has 2 atom stereocenters. The molecule has 1 saturated heterocycles. The van der Waals surface area contributed by atoms with E-state index < -0.39 is 17.9 Å². The summed E-state index contributed by atoms with van der Waals surface area (Å²) in [5, 5.41) is 2.71. The van der Waals surface area contributed by atoms with E-state index in [0.717, 1.165) is 0 Å². The van der Waals surface area contributed by atoms with E-state index in [2.05, 4.69) is 5.32 Å². The summed E-state index contributed by atoms with van der Waals surface area (Å²) in [6.07, 6.45) is 0.546. The Morgan fingerprint density at radius 3 is 2.62 bits per heavy atom. The van der Waals surface area contributed by atoms with Crippen molar-refractivity contribution in [2.24, 2.45) is 5.92 Å². The fraction of sp³-hybridized carbons (Fsp3) is 0.467. The van der Waals surface area contributed by atoms with Gasteiger partial charge in [0.2, 0.25) is 11.8 Å². The lowest BCUT2D eigenvalue weighted by atomic mass is 9.98. The van der Waals surface area contributed by atoms with Crippen LogP contribution in [0.4, 0.5) is 10.1 Å². The van der Waals surface area contributed by atoms with Gasteiger partial charge >= 0.3 is 0 Å². The fourth-order valence-corrected chi connectivity index (χ4v) is 2.56. The first-order valence-electron chi connectivity index (χ1n) is 6.89. The molecule has 2 unspecified atom stereocenters. The molecule has 0 spiro atoms. The summed E-state index contributed by atoms with van der Waals surface area (Å²) in [6, 6.07) is 2.86. The predicted molar refractivity (Wildman–Crippen MR) is 79.7 cm³/mol. The third-order valence-electron chi connectivity index (χ3n) is 3.51. The molecule has 1 aromatic carbocycles. The molecule has 0 radical (unpaired) electrons. The van der Waals surface area contributed by atoms with Crippen LogP contribution in [0, 0.1) is 11.7 Å². The number of nitrogens with one attached hydrogen (secondary N) is 1. The van der Waals surface area contributed by atoms with Gasteiger partial charge in [-0.05, 0) is 37.5 Å². The number of halogens is 2. The zero-order valence-corrected chi connectivity index (χ0v) is 12.9. The van der Waals surface area contributed by atoms with Crippen LogP contribution in [0.3, 0.4) is 0 Å². The molecule has 1 aliphatic rings. The van der Waals surface area contributed by atoms with Crippen LogP contribution < -0.4 is 10.2 Å². The topological polar surface area (TPSA) is 49.4 Å². The second kappa shape index (κ2) is 6.02. The molecule has 2 rings (SSSR count). The minimum Gasteiger partial charge on any atom is -0.342 e. The molecule has 2 amide bonds. The van der Waals surface area contributed by atoms with Crippen molar-refractivity contribution in [1.29, 1.82) is 0 Å². The second-order valence-corrected chi connectivity index (χ2v) is 6.08. The Balaban J connectivity index is 2.36. The van der Waals surface area contributed by atoms with Crippen LogP contribution in [-0.4, -0.2) is 23.9 Å². The van der Waals surface area contributed by atoms with E-state index in [0.29, 0.717) is 12.1 Å². The Morgan fingerprint density at radius 1 is 1.38 bits per heavy atom. The Hall–Kier alpha value is -1.62. The zero-order valence-electron chi connectivity index (χ0n) is 12.2. The van der Waals surface area contributed by atoms with E-state index in [1.54, 1.807) is 13.0 Å². The molecular weight excluding hydrogens is 295 g/mol. The average molecular weight is 313 g/mol. The summed E-state index contributed by atoms with van der Waals surface area (Å²) < 4.78 is 13.6. The molecule has 0 aliphatic carbocycles. The number of nitrogens with zero attached hydrogens (tertiary/aromatic N) is 1. The van der Waals surface area contributed by atoms with Gasteiger partial charge in [0.05, 0.1) is 5.02 Å². The van der Waals surface area contributed by atoms with E-state index in [-0.39, 0.29) is 22.8 Å². The minimum atomic E-state index is -0.679. The smallest absolute Gasteiger partial charge is 0.250 e. The van der Waals surface area contributed by atoms with Gasteiger partial charge in [-0.25, -0.2) is 4.39 Å². The van der Waals surface area contributed by atoms with Crippen LogP contribution in [0.2, 0.25) is 5.02 Å². The molecule has 1 N–H and O–H groups in total. The van der Waals surface area contributed by atoms with Gasteiger partial charge in [0.1, 0.15) is 17.9 Å². The molecular formula is C15H18ClFN2O2. The van der Waals surface area contributed by atoms with Crippen molar-refractivity contribution in [2.75, 3.05) is 4.90 Å². The Labute approximate surface area is 128 Å². The van der Waals surface area contributed by atoms with Crippen molar-refractivity contribution in [3.63, 3.8) is 0 Å². The van der Waals surface area contributed by atoms with Gasteiger partial charge in [0, 0.05) is 5.69 Å². The quantitative estimate of drug-likeness (QED) is 0.933. The normalized spacial score (nSPS) is 22.7. The van der Waals surface area contributed by atoms with Gasteiger partial charge in [-0.1, -0.05) is 25.4 Å². The third kappa shape index (κ3) is 3.18. The lowest BCUT2D eigenvalue weighted by Crippen LogP contribution is -2.63. The summed E-state index contributed by atoms with van der Waals surface area (Å²) in [7, 11) is 0. The number of carbonyl (C=O) groups is 2. The molecule has 0 saturated carbocycles. The molecule has 6 heteroatoms. The van der Waals surface area contributed by atoms with Crippen LogP contribution in [0.25, 0.3) is 0 Å². The molecule has 1 heterocycles. The summed E-state index contributed by atoms with van der Waals surface area (Å²) in [4.78, 5) is 26.0. The number of hydrogen-bond acceptors (Lipinski definition) is 2. The maximum absolute atomic E-state index is 13.6. The predicted octanol–water partition coefficient (Wildman–Crippen LogP) is 2.75. The van der Waals surface area contributed by atoms with Crippen LogP contribution in [0.5, 0.6) is 0 Å². The third-order valence-corrected chi connectivity index (χ3v) is 3.81. The maximum Gasteiger partial charge on any atom is 0.250 e. The Bertz CT molecular complexity index is 577. The number of amides is 2. The largest absolute Gasteiger partial charge is 0.342 e.